The van der Waals surface area contributed by atoms with Gasteiger partial charge in [0.1, 0.15) is 5.76 Å². The quantitative estimate of drug-likeness (QED) is 0.868. The van der Waals surface area contributed by atoms with Crippen LogP contribution in [0.25, 0.3) is 0 Å². The predicted molar refractivity (Wildman–Crippen MR) is 87.7 cm³/mol. The molecule has 5 nitrogen and oxygen atoms in total. The van der Waals surface area contributed by atoms with E-state index in [0.29, 0.717) is 0 Å². The van der Waals surface area contributed by atoms with Crippen LogP contribution in [-0.2, 0) is 13.1 Å². The second kappa shape index (κ2) is 6.95. The third-order valence-corrected chi connectivity index (χ3v) is 4.52. The number of benzene rings is 1. The highest BCUT2D eigenvalue weighted by Gasteiger charge is 2.19. The lowest BCUT2D eigenvalue weighted by Crippen LogP contribution is -2.45. The van der Waals surface area contributed by atoms with Crippen LogP contribution in [0, 0.1) is 25.2 Å². The Morgan fingerprint density at radius 1 is 1.04 bits per heavy atom. The molecule has 0 spiro atoms. The molecule has 0 bridgehead atoms. The summed E-state index contributed by atoms with van der Waals surface area (Å²) in [6, 6.07) is 10.0. The zero-order valence-corrected chi connectivity index (χ0v) is 13.7. The van der Waals surface area contributed by atoms with E-state index < -0.39 is 0 Å². The lowest BCUT2D eigenvalue weighted by molar-refractivity contribution is 0.121. The molecule has 0 amide bonds. The molecule has 0 radical (unpaired) electrons. The minimum absolute atomic E-state index is 0.720. The summed E-state index contributed by atoms with van der Waals surface area (Å²) < 4.78 is 5.25. The Hall–Kier alpha value is -2.16. The molecule has 0 saturated carbocycles. The average Bonchev–Trinajstić information content (AvgIpc) is 2.89. The first-order valence-electron chi connectivity index (χ1n) is 8.01. The summed E-state index contributed by atoms with van der Waals surface area (Å²) in [5.74, 6) is 0.933. The number of aryl methyl sites for hydroxylation is 2. The van der Waals surface area contributed by atoms with Gasteiger partial charge in [-0.25, -0.2) is 0 Å². The summed E-state index contributed by atoms with van der Waals surface area (Å²) in [6.07, 6.45) is 0. The van der Waals surface area contributed by atoms with Crippen molar-refractivity contribution in [2.45, 2.75) is 26.9 Å². The van der Waals surface area contributed by atoms with Crippen molar-refractivity contribution in [3.63, 3.8) is 0 Å². The zero-order chi connectivity index (χ0) is 16.2. The molecule has 1 aromatic carbocycles. The fourth-order valence-corrected chi connectivity index (χ4v) is 3.00. The third kappa shape index (κ3) is 3.79. The molecule has 0 aliphatic carbocycles. The van der Waals surface area contributed by atoms with Crippen molar-refractivity contribution >= 4 is 0 Å². The van der Waals surface area contributed by atoms with E-state index in [1.807, 2.05) is 26.0 Å². The van der Waals surface area contributed by atoms with Crippen LogP contribution >= 0.6 is 0 Å². The standard InChI is InChI=1S/C18H22N4O/c1-14-18(15(2)23-20-14)13-22-9-7-21(8-10-22)12-17-5-3-16(11-19)4-6-17/h3-6H,7-10,12-13H2,1-2H3. The van der Waals surface area contributed by atoms with Crippen LogP contribution in [-0.4, -0.2) is 41.1 Å². The summed E-state index contributed by atoms with van der Waals surface area (Å²) in [6.45, 7) is 10.1. The molecule has 1 aliphatic rings. The number of hydrogen-bond acceptors (Lipinski definition) is 5. The summed E-state index contributed by atoms with van der Waals surface area (Å²) >= 11 is 0. The number of hydrogen-bond donors (Lipinski definition) is 0. The molecular formula is C18H22N4O. The van der Waals surface area contributed by atoms with Crippen molar-refractivity contribution in [1.82, 2.24) is 15.0 Å². The first kappa shape index (κ1) is 15.7. The molecule has 1 fully saturated rings. The van der Waals surface area contributed by atoms with Gasteiger partial charge in [0.25, 0.3) is 0 Å². The summed E-state index contributed by atoms with van der Waals surface area (Å²) in [7, 11) is 0. The van der Waals surface area contributed by atoms with Gasteiger partial charge in [0, 0.05) is 44.8 Å². The number of piperazine rings is 1. The molecule has 23 heavy (non-hydrogen) atoms. The maximum Gasteiger partial charge on any atom is 0.138 e. The minimum Gasteiger partial charge on any atom is -0.361 e. The molecule has 1 saturated heterocycles. The lowest BCUT2D eigenvalue weighted by atomic mass is 10.1. The molecule has 1 aliphatic heterocycles. The maximum atomic E-state index is 8.85. The van der Waals surface area contributed by atoms with Crippen molar-refractivity contribution in [2.75, 3.05) is 26.2 Å². The minimum atomic E-state index is 0.720. The average molecular weight is 310 g/mol. The van der Waals surface area contributed by atoms with Gasteiger partial charge >= 0.3 is 0 Å². The number of rotatable bonds is 4. The predicted octanol–water partition coefficient (Wildman–Crippen LogP) is 2.48. The normalized spacial score (nSPS) is 16.4. The highest BCUT2D eigenvalue weighted by atomic mass is 16.5. The third-order valence-electron chi connectivity index (χ3n) is 4.52. The molecule has 1 aromatic heterocycles. The highest BCUT2D eigenvalue weighted by Crippen LogP contribution is 2.17. The van der Waals surface area contributed by atoms with E-state index >= 15 is 0 Å². The van der Waals surface area contributed by atoms with Gasteiger partial charge in [-0.05, 0) is 31.5 Å². The van der Waals surface area contributed by atoms with Crippen LogP contribution in [0.4, 0.5) is 0 Å². The molecular weight excluding hydrogens is 288 g/mol. The zero-order valence-electron chi connectivity index (χ0n) is 13.7. The van der Waals surface area contributed by atoms with Crippen LogP contribution in [0.1, 0.15) is 28.1 Å². The van der Waals surface area contributed by atoms with Gasteiger partial charge in [0.2, 0.25) is 0 Å². The second-order valence-corrected chi connectivity index (χ2v) is 6.16. The number of nitriles is 1. The molecule has 5 heteroatoms. The Labute approximate surface area is 137 Å². The van der Waals surface area contributed by atoms with Gasteiger partial charge in [-0.15, -0.1) is 0 Å². The number of nitrogens with zero attached hydrogens (tertiary/aromatic N) is 4. The van der Waals surface area contributed by atoms with Crippen LogP contribution in [0.5, 0.6) is 0 Å². The lowest BCUT2D eigenvalue weighted by Gasteiger charge is -2.34. The highest BCUT2D eigenvalue weighted by molar-refractivity contribution is 5.31. The van der Waals surface area contributed by atoms with Crippen LogP contribution in [0.2, 0.25) is 0 Å². The Bertz CT molecular complexity index is 671. The molecule has 0 atom stereocenters. The summed E-state index contributed by atoms with van der Waals surface area (Å²) in [5, 5.41) is 12.9. The molecule has 2 aromatic rings. The first-order chi connectivity index (χ1) is 11.2. The maximum absolute atomic E-state index is 8.85. The Kier molecular flexibility index (Phi) is 4.75. The van der Waals surface area contributed by atoms with E-state index in [4.69, 9.17) is 9.78 Å². The Balaban J connectivity index is 1.51. The van der Waals surface area contributed by atoms with E-state index in [1.165, 1.54) is 11.1 Å². The van der Waals surface area contributed by atoms with Gasteiger partial charge in [-0.3, -0.25) is 9.80 Å². The smallest absolute Gasteiger partial charge is 0.138 e. The van der Waals surface area contributed by atoms with Crippen molar-refractivity contribution in [1.29, 1.82) is 5.26 Å². The van der Waals surface area contributed by atoms with Gasteiger partial charge < -0.3 is 4.52 Å². The molecule has 0 unspecified atom stereocenters. The molecule has 0 N–H and O–H groups in total. The summed E-state index contributed by atoms with van der Waals surface area (Å²) in [5.41, 5.74) is 4.22. The van der Waals surface area contributed by atoms with Crippen molar-refractivity contribution in [2.24, 2.45) is 0 Å². The fraction of sp³-hybridized carbons (Fsp3) is 0.444. The van der Waals surface area contributed by atoms with E-state index in [9.17, 15) is 0 Å². The van der Waals surface area contributed by atoms with Crippen molar-refractivity contribution in [3.05, 3.63) is 52.4 Å². The van der Waals surface area contributed by atoms with Gasteiger partial charge in [0.15, 0.2) is 0 Å². The van der Waals surface area contributed by atoms with Gasteiger partial charge in [-0.1, -0.05) is 17.3 Å². The van der Waals surface area contributed by atoms with Gasteiger partial charge in [-0.2, -0.15) is 5.26 Å². The van der Waals surface area contributed by atoms with E-state index in [0.717, 1.165) is 56.3 Å². The SMILES string of the molecule is Cc1noc(C)c1CN1CCN(Cc2ccc(C#N)cc2)CC1. The van der Waals surface area contributed by atoms with Gasteiger partial charge in [0.05, 0.1) is 17.3 Å². The number of aromatic nitrogens is 1. The molecule has 2 heterocycles. The largest absolute Gasteiger partial charge is 0.361 e. The van der Waals surface area contributed by atoms with Crippen molar-refractivity contribution < 1.29 is 4.52 Å². The Morgan fingerprint density at radius 2 is 1.65 bits per heavy atom. The van der Waals surface area contributed by atoms with Crippen molar-refractivity contribution in [3.8, 4) is 6.07 Å². The van der Waals surface area contributed by atoms with Crippen LogP contribution < -0.4 is 0 Å². The fourth-order valence-electron chi connectivity index (χ4n) is 3.00. The monoisotopic (exact) mass is 310 g/mol. The first-order valence-corrected chi connectivity index (χ1v) is 8.01. The topological polar surface area (TPSA) is 56.3 Å². The van der Waals surface area contributed by atoms with E-state index in [-0.39, 0.29) is 0 Å². The summed E-state index contributed by atoms with van der Waals surface area (Å²) in [4.78, 5) is 4.92. The van der Waals surface area contributed by atoms with Crippen LogP contribution in [0.3, 0.4) is 0 Å². The Morgan fingerprint density at radius 3 is 2.17 bits per heavy atom. The second-order valence-electron chi connectivity index (χ2n) is 6.16. The van der Waals surface area contributed by atoms with Crippen LogP contribution in [0.15, 0.2) is 28.8 Å². The molecule has 3 rings (SSSR count). The van der Waals surface area contributed by atoms with E-state index in [2.05, 4.69) is 33.2 Å². The molecule has 120 valence electrons. The van der Waals surface area contributed by atoms with E-state index in [1.54, 1.807) is 0 Å².